The van der Waals surface area contributed by atoms with Crippen molar-refractivity contribution in [2.45, 2.75) is 25.1 Å². The number of nitrogens with zero attached hydrogens (tertiary/aromatic N) is 2. The maximum Gasteiger partial charge on any atom is 0.257 e. The van der Waals surface area contributed by atoms with Crippen LogP contribution in [0.1, 0.15) is 34.9 Å². The molecule has 1 aromatic heterocycles. The number of anilines is 1. The van der Waals surface area contributed by atoms with Gasteiger partial charge in [0.2, 0.25) is 0 Å². The summed E-state index contributed by atoms with van der Waals surface area (Å²) in [5.41, 5.74) is 3.83. The zero-order valence-corrected chi connectivity index (χ0v) is 15.8. The van der Waals surface area contributed by atoms with Crippen molar-refractivity contribution >= 4 is 11.6 Å². The van der Waals surface area contributed by atoms with E-state index >= 15 is 0 Å². The van der Waals surface area contributed by atoms with Crippen molar-refractivity contribution in [1.82, 2.24) is 15.1 Å². The van der Waals surface area contributed by atoms with Crippen LogP contribution < -0.4 is 5.32 Å². The monoisotopic (exact) mass is 392 g/mol. The highest BCUT2D eigenvalue weighted by molar-refractivity contribution is 6.01. The first kappa shape index (κ1) is 17.9. The Morgan fingerprint density at radius 3 is 2.79 bits per heavy atom. The second-order valence-electron chi connectivity index (χ2n) is 7.39. The van der Waals surface area contributed by atoms with Crippen LogP contribution >= 0.6 is 0 Å². The molecule has 29 heavy (non-hydrogen) atoms. The van der Waals surface area contributed by atoms with E-state index in [-0.39, 0.29) is 17.8 Å². The predicted octanol–water partition coefficient (Wildman–Crippen LogP) is 3.96. The summed E-state index contributed by atoms with van der Waals surface area (Å²) in [6.07, 6.45) is 3.29. The molecule has 3 aromatic rings. The van der Waals surface area contributed by atoms with Gasteiger partial charge in [-0.3, -0.25) is 9.89 Å². The molecule has 148 valence electrons. The summed E-state index contributed by atoms with van der Waals surface area (Å²) in [4.78, 5) is 15.2. The van der Waals surface area contributed by atoms with Gasteiger partial charge in [-0.2, -0.15) is 5.10 Å². The molecule has 5 rings (SSSR count). The Balaban J connectivity index is 1.56. The van der Waals surface area contributed by atoms with Gasteiger partial charge in [0, 0.05) is 30.0 Å². The Morgan fingerprint density at radius 1 is 1.17 bits per heavy atom. The van der Waals surface area contributed by atoms with Gasteiger partial charge in [0.05, 0.1) is 23.6 Å². The predicted molar refractivity (Wildman–Crippen MR) is 107 cm³/mol. The van der Waals surface area contributed by atoms with Crippen LogP contribution in [0, 0.1) is 5.82 Å². The molecule has 0 aliphatic carbocycles. The molecule has 3 heterocycles. The van der Waals surface area contributed by atoms with Gasteiger partial charge >= 0.3 is 0 Å². The molecule has 2 aromatic carbocycles. The van der Waals surface area contributed by atoms with Crippen LogP contribution in [0.5, 0.6) is 0 Å². The Hall–Kier alpha value is -3.19. The maximum atomic E-state index is 13.4. The molecule has 2 N–H and O–H groups in total. The zero-order valence-electron chi connectivity index (χ0n) is 15.8. The molecule has 6 nitrogen and oxygen atoms in total. The molecule has 0 unspecified atom stereocenters. The molecular formula is C22H21FN4O2. The lowest BCUT2D eigenvalue weighted by Crippen LogP contribution is -2.46. The van der Waals surface area contributed by atoms with Crippen LogP contribution in [-0.4, -0.2) is 40.3 Å². The van der Waals surface area contributed by atoms with E-state index in [2.05, 4.69) is 15.5 Å². The number of halogens is 1. The summed E-state index contributed by atoms with van der Waals surface area (Å²) in [6, 6.07) is 13.7. The van der Waals surface area contributed by atoms with E-state index in [1.54, 1.807) is 18.3 Å². The highest BCUT2D eigenvalue weighted by Crippen LogP contribution is 2.37. The molecule has 2 aliphatic heterocycles. The fourth-order valence-corrected chi connectivity index (χ4v) is 4.08. The van der Waals surface area contributed by atoms with Crippen LogP contribution in [0.3, 0.4) is 0 Å². The van der Waals surface area contributed by atoms with Crippen LogP contribution in [0.25, 0.3) is 11.3 Å². The molecule has 0 bridgehead atoms. The second kappa shape index (κ2) is 7.33. The number of aromatic nitrogens is 2. The van der Waals surface area contributed by atoms with Crippen molar-refractivity contribution in [3.05, 3.63) is 71.7 Å². The fraction of sp³-hybridized carbons (Fsp3) is 0.273. The van der Waals surface area contributed by atoms with Crippen molar-refractivity contribution in [1.29, 1.82) is 0 Å². The minimum absolute atomic E-state index is 0.0229. The van der Waals surface area contributed by atoms with Gasteiger partial charge in [-0.1, -0.05) is 12.1 Å². The molecule has 2 atom stereocenters. The third-order valence-corrected chi connectivity index (χ3v) is 5.54. The Morgan fingerprint density at radius 2 is 2.00 bits per heavy atom. The number of para-hydroxylation sites is 1. The van der Waals surface area contributed by atoms with Crippen molar-refractivity contribution in [3.8, 4) is 11.3 Å². The number of fused-ring (bicyclic) bond motifs is 1. The summed E-state index contributed by atoms with van der Waals surface area (Å²) < 4.78 is 19.2. The third kappa shape index (κ3) is 3.27. The SMILES string of the molecule is O=C1c2ccccc2N[C@@H](c2cn[nH]c2-c2ccc(F)cc2)N1C[C@@H]1CCCO1. The summed E-state index contributed by atoms with van der Waals surface area (Å²) in [5, 5.41) is 10.7. The van der Waals surface area contributed by atoms with Crippen LogP contribution in [0.4, 0.5) is 10.1 Å². The van der Waals surface area contributed by atoms with Gasteiger partial charge in [0.1, 0.15) is 12.0 Å². The van der Waals surface area contributed by atoms with Crippen LogP contribution in [-0.2, 0) is 4.74 Å². The normalized spacial score (nSPS) is 21.1. The number of H-pyrrole nitrogens is 1. The minimum atomic E-state index is -0.402. The summed E-state index contributed by atoms with van der Waals surface area (Å²) in [6.45, 7) is 1.23. The van der Waals surface area contributed by atoms with Crippen molar-refractivity contribution < 1.29 is 13.9 Å². The van der Waals surface area contributed by atoms with E-state index in [1.807, 2.05) is 29.2 Å². The average Bonchev–Trinajstić information content (AvgIpc) is 3.43. The lowest BCUT2D eigenvalue weighted by atomic mass is 10.0. The van der Waals surface area contributed by atoms with E-state index in [0.717, 1.165) is 42.0 Å². The van der Waals surface area contributed by atoms with Crippen LogP contribution in [0.2, 0.25) is 0 Å². The minimum Gasteiger partial charge on any atom is -0.376 e. The molecule has 1 amide bonds. The Labute approximate surface area is 167 Å². The number of ether oxygens (including phenoxy) is 1. The maximum absolute atomic E-state index is 13.4. The highest BCUT2D eigenvalue weighted by Gasteiger charge is 2.36. The van der Waals surface area contributed by atoms with E-state index in [4.69, 9.17) is 4.74 Å². The largest absolute Gasteiger partial charge is 0.376 e. The number of nitrogens with one attached hydrogen (secondary N) is 2. The first-order valence-corrected chi connectivity index (χ1v) is 9.78. The molecule has 2 aliphatic rings. The van der Waals surface area contributed by atoms with Gasteiger partial charge in [-0.15, -0.1) is 0 Å². The zero-order chi connectivity index (χ0) is 19.8. The summed E-state index contributed by atoms with van der Waals surface area (Å²) in [5.74, 6) is -0.333. The van der Waals surface area contributed by atoms with Crippen molar-refractivity contribution in [2.24, 2.45) is 0 Å². The van der Waals surface area contributed by atoms with Gasteiger partial charge < -0.3 is 15.0 Å². The van der Waals surface area contributed by atoms with E-state index in [1.165, 1.54) is 12.1 Å². The summed E-state index contributed by atoms with van der Waals surface area (Å²) >= 11 is 0. The number of carbonyl (C=O) groups is 1. The highest BCUT2D eigenvalue weighted by atomic mass is 19.1. The number of carbonyl (C=O) groups excluding carboxylic acids is 1. The lowest BCUT2D eigenvalue weighted by molar-refractivity contribution is 0.0427. The quantitative estimate of drug-likeness (QED) is 0.705. The number of aromatic amines is 1. The van der Waals surface area contributed by atoms with Crippen molar-refractivity contribution in [3.63, 3.8) is 0 Å². The molecule has 1 saturated heterocycles. The van der Waals surface area contributed by atoms with Gasteiger partial charge in [-0.05, 0) is 49.2 Å². The second-order valence-corrected chi connectivity index (χ2v) is 7.39. The lowest BCUT2D eigenvalue weighted by Gasteiger charge is -2.39. The fourth-order valence-electron chi connectivity index (χ4n) is 4.08. The molecule has 7 heteroatoms. The standard InChI is InChI=1S/C22H21FN4O2/c23-15-9-7-14(8-10-15)20-18(12-24-26-20)21-25-19-6-2-1-5-17(19)22(28)27(21)13-16-4-3-11-29-16/h1-2,5-10,12,16,21,25H,3-4,11,13H2,(H,24,26)/t16-,21+/m0/s1. The topological polar surface area (TPSA) is 70.2 Å². The molecule has 0 saturated carbocycles. The number of amides is 1. The number of hydrogen-bond donors (Lipinski definition) is 2. The summed E-state index contributed by atoms with van der Waals surface area (Å²) in [7, 11) is 0. The first-order chi connectivity index (χ1) is 14.2. The van der Waals surface area contributed by atoms with E-state index in [0.29, 0.717) is 12.1 Å². The molecule has 0 radical (unpaired) electrons. The number of benzene rings is 2. The van der Waals surface area contributed by atoms with E-state index in [9.17, 15) is 9.18 Å². The number of rotatable bonds is 4. The average molecular weight is 392 g/mol. The van der Waals surface area contributed by atoms with Gasteiger partial charge in [0.15, 0.2) is 0 Å². The molecule has 1 fully saturated rings. The molecular weight excluding hydrogens is 371 g/mol. The smallest absolute Gasteiger partial charge is 0.257 e. The molecule has 0 spiro atoms. The van der Waals surface area contributed by atoms with Gasteiger partial charge in [0.25, 0.3) is 5.91 Å². The van der Waals surface area contributed by atoms with Gasteiger partial charge in [-0.25, -0.2) is 4.39 Å². The Bertz CT molecular complexity index is 1030. The van der Waals surface area contributed by atoms with Crippen LogP contribution in [0.15, 0.2) is 54.7 Å². The number of hydrogen-bond acceptors (Lipinski definition) is 4. The Kier molecular flexibility index (Phi) is 4.52. The van der Waals surface area contributed by atoms with E-state index < -0.39 is 6.17 Å². The van der Waals surface area contributed by atoms with Crippen molar-refractivity contribution in [2.75, 3.05) is 18.5 Å². The first-order valence-electron chi connectivity index (χ1n) is 9.78. The third-order valence-electron chi connectivity index (χ3n) is 5.54.